The van der Waals surface area contributed by atoms with E-state index in [1.807, 2.05) is 18.2 Å². The SMILES string of the molecule is CC(C)CCCC(C)NC(=S)c1ccccc1. The van der Waals surface area contributed by atoms with E-state index >= 15 is 0 Å². The molecule has 0 amide bonds. The van der Waals surface area contributed by atoms with Gasteiger partial charge in [-0.25, -0.2) is 0 Å². The van der Waals surface area contributed by atoms with Crippen molar-refractivity contribution in [3.63, 3.8) is 0 Å². The summed E-state index contributed by atoms with van der Waals surface area (Å²) in [4.78, 5) is 0.864. The van der Waals surface area contributed by atoms with Crippen LogP contribution in [0.1, 0.15) is 45.6 Å². The van der Waals surface area contributed by atoms with Crippen LogP contribution in [0.3, 0.4) is 0 Å². The Morgan fingerprint density at radius 3 is 2.35 bits per heavy atom. The van der Waals surface area contributed by atoms with Gasteiger partial charge in [0.25, 0.3) is 0 Å². The van der Waals surface area contributed by atoms with Crippen molar-refractivity contribution in [2.75, 3.05) is 0 Å². The second kappa shape index (κ2) is 7.44. The number of rotatable bonds is 6. The lowest BCUT2D eigenvalue weighted by atomic mass is 10.0. The maximum atomic E-state index is 5.39. The molecule has 0 saturated heterocycles. The molecule has 1 aromatic rings. The van der Waals surface area contributed by atoms with Crippen molar-refractivity contribution in [3.8, 4) is 0 Å². The van der Waals surface area contributed by atoms with Crippen molar-refractivity contribution < 1.29 is 0 Å². The first-order chi connectivity index (χ1) is 8.09. The second-order valence-corrected chi connectivity index (χ2v) is 5.47. The van der Waals surface area contributed by atoms with Gasteiger partial charge in [-0.2, -0.15) is 0 Å². The molecule has 1 N–H and O–H groups in total. The van der Waals surface area contributed by atoms with Gasteiger partial charge < -0.3 is 5.32 Å². The molecular formula is C15H23NS. The fraction of sp³-hybridized carbons (Fsp3) is 0.533. The molecule has 1 unspecified atom stereocenters. The largest absolute Gasteiger partial charge is 0.373 e. The van der Waals surface area contributed by atoms with E-state index in [1.165, 1.54) is 19.3 Å². The van der Waals surface area contributed by atoms with Crippen LogP contribution in [-0.4, -0.2) is 11.0 Å². The molecule has 1 nitrogen and oxygen atoms in total. The molecule has 0 aliphatic carbocycles. The Kier molecular flexibility index (Phi) is 6.20. The number of benzene rings is 1. The Morgan fingerprint density at radius 2 is 1.76 bits per heavy atom. The number of nitrogens with one attached hydrogen (secondary N) is 1. The first-order valence-electron chi connectivity index (χ1n) is 6.45. The van der Waals surface area contributed by atoms with E-state index in [0.717, 1.165) is 16.5 Å². The summed E-state index contributed by atoms with van der Waals surface area (Å²) in [7, 11) is 0. The summed E-state index contributed by atoms with van der Waals surface area (Å²) in [5.74, 6) is 0.795. The lowest BCUT2D eigenvalue weighted by Gasteiger charge is -2.16. The highest BCUT2D eigenvalue weighted by atomic mass is 32.1. The quantitative estimate of drug-likeness (QED) is 0.760. The highest BCUT2D eigenvalue weighted by Crippen LogP contribution is 2.09. The normalized spacial score (nSPS) is 12.5. The highest BCUT2D eigenvalue weighted by Gasteiger charge is 2.06. The maximum Gasteiger partial charge on any atom is 0.106 e. The molecule has 0 aromatic heterocycles. The molecule has 0 saturated carbocycles. The van der Waals surface area contributed by atoms with Gasteiger partial charge in [0.1, 0.15) is 4.99 Å². The van der Waals surface area contributed by atoms with Crippen molar-refractivity contribution in [3.05, 3.63) is 35.9 Å². The monoisotopic (exact) mass is 249 g/mol. The summed E-state index contributed by atoms with van der Waals surface area (Å²) in [6.45, 7) is 6.75. The molecule has 0 fully saturated rings. The average Bonchev–Trinajstić information content (AvgIpc) is 2.29. The minimum absolute atomic E-state index is 0.460. The first-order valence-corrected chi connectivity index (χ1v) is 6.86. The van der Waals surface area contributed by atoms with Gasteiger partial charge in [0.2, 0.25) is 0 Å². The topological polar surface area (TPSA) is 12.0 Å². The number of thiocarbonyl (C=S) groups is 1. The number of hydrogen-bond acceptors (Lipinski definition) is 1. The Bertz CT molecular complexity index is 332. The van der Waals surface area contributed by atoms with E-state index in [2.05, 4.69) is 38.2 Å². The third kappa shape index (κ3) is 5.83. The minimum Gasteiger partial charge on any atom is -0.373 e. The smallest absolute Gasteiger partial charge is 0.106 e. The van der Waals surface area contributed by atoms with E-state index in [1.54, 1.807) is 0 Å². The van der Waals surface area contributed by atoms with Crippen LogP contribution in [0.25, 0.3) is 0 Å². The summed E-state index contributed by atoms with van der Waals surface area (Å²) in [5, 5.41) is 3.40. The number of hydrogen-bond donors (Lipinski definition) is 1. The van der Waals surface area contributed by atoms with Crippen LogP contribution < -0.4 is 5.32 Å². The fourth-order valence-corrected chi connectivity index (χ4v) is 2.14. The third-order valence-electron chi connectivity index (χ3n) is 2.83. The lowest BCUT2D eigenvalue weighted by Crippen LogP contribution is -2.31. The van der Waals surface area contributed by atoms with E-state index in [0.29, 0.717) is 6.04 Å². The molecule has 0 aliphatic heterocycles. The van der Waals surface area contributed by atoms with Crippen molar-refractivity contribution in [2.24, 2.45) is 5.92 Å². The van der Waals surface area contributed by atoms with Gasteiger partial charge >= 0.3 is 0 Å². The zero-order chi connectivity index (χ0) is 12.7. The van der Waals surface area contributed by atoms with Crippen LogP contribution in [0, 0.1) is 5.92 Å². The fourth-order valence-electron chi connectivity index (χ4n) is 1.80. The predicted molar refractivity (Wildman–Crippen MR) is 79.4 cm³/mol. The molecule has 1 aromatic carbocycles. The second-order valence-electron chi connectivity index (χ2n) is 5.07. The van der Waals surface area contributed by atoms with Gasteiger partial charge in [0.15, 0.2) is 0 Å². The molecule has 94 valence electrons. The predicted octanol–water partition coefficient (Wildman–Crippen LogP) is 4.17. The van der Waals surface area contributed by atoms with Crippen molar-refractivity contribution >= 4 is 17.2 Å². The Morgan fingerprint density at radius 1 is 1.12 bits per heavy atom. The summed E-state index contributed by atoms with van der Waals surface area (Å²) >= 11 is 5.39. The van der Waals surface area contributed by atoms with Crippen molar-refractivity contribution in [1.82, 2.24) is 5.32 Å². The zero-order valence-electron chi connectivity index (χ0n) is 11.1. The van der Waals surface area contributed by atoms with Gasteiger partial charge in [-0.1, -0.05) is 69.2 Å². The van der Waals surface area contributed by atoms with Crippen molar-refractivity contribution in [2.45, 2.75) is 46.1 Å². The van der Waals surface area contributed by atoms with Gasteiger partial charge in [-0.3, -0.25) is 0 Å². The average molecular weight is 249 g/mol. The minimum atomic E-state index is 0.460. The van der Waals surface area contributed by atoms with Crippen molar-refractivity contribution in [1.29, 1.82) is 0 Å². The van der Waals surface area contributed by atoms with E-state index in [4.69, 9.17) is 12.2 Å². The van der Waals surface area contributed by atoms with Crippen LogP contribution in [-0.2, 0) is 0 Å². The molecule has 0 spiro atoms. The van der Waals surface area contributed by atoms with Crippen LogP contribution in [0.15, 0.2) is 30.3 Å². The standard InChI is InChI=1S/C15H23NS/c1-12(2)8-7-9-13(3)16-15(17)14-10-5-4-6-11-14/h4-6,10-13H,7-9H2,1-3H3,(H,16,17). The van der Waals surface area contributed by atoms with Crippen LogP contribution in [0.2, 0.25) is 0 Å². The third-order valence-corrected chi connectivity index (χ3v) is 3.19. The molecule has 1 rings (SSSR count). The Labute approximate surface area is 111 Å². The molecule has 2 heteroatoms. The molecule has 1 atom stereocenters. The van der Waals surface area contributed by atoms with Gasteiger partial charge in [-0.05, 0) is 19.3 Å². The first kappa shape index (κ1) is 14.2. The summed E-state index contributed by atoms with van der Waals surface area (Å²) < 4.78 is 0. The molecular weight excluding hydrogens is 226 g/mol. The van der Waals surface area contributed by atoms with E-state index in [-0.39, 0.29) is 0 Å². The maximum absolute atomic E-state index is 5.39. The molecule has 0 heterocycles. The van der Waals surface area contributed by atoms with Gasteiger partial charge in [0, 0.05) is 11.6 Å². The van der Waals surface area contributed by atoms with Crippen LogP contribution >= 0.6 is 12.2 Å². The van der Waals surface area contributed by atoms with E-state index in [9.17, 15) is 0 Å². The summed E-state index contributed by atoms with van der Waals surface area (Å²) in [6, 6.07) is 10.6. The van der Waals surface area contributed by atoms with Gasteiger partial charge in [0.05, 0.1) is 0 Å². The molecule has 17 heavy (non-hydrogen) atoms. The Balaban J connectivity index is 2.31. The molecule has 0 radical (unpaired) electrons. The summed E-state index contributed by atoms with van der Waals surface area (Å²) in [5.41, 5.74) is 1.11. The van der Waals surface area contributed by atoms with E-state index < -0.39 is 0 Å². The molecule has 0 aliphatic rings. The van der Waals surface area contributed by atoms with Crippen LogP contribution in [0.5, 0.6) is 0 Å². The zero-order valence-corrected chi connectivity index (χ0v) is 11.9. The molecule has 0 bridgehead atoms. The van der Waals surface area contributed by atoms with Crippen LogP contribution in [0.4, 0.5) is 0 Å². The lowest BCUT2D eigenvalue weighted by molar-refractivity contribution is 0.495. The Hall–Kier alpha value is -0.890. The van der Waals surface area contributed by atoms with Gasteiger partial charge in [-0.15, -0.1) is 0 Å². The highest BCUT2D eigenvalue weighted by molar-refractivity contribution is 7.80. The summed E-state index contributed by atoms with van der Waals surface area (Å²) in [6.07, 6.45) is 3.75.